The van der Waals surface area contributed by atoms with Crippen LogP contribution in [0.5, 0.6) is 0 Å². The summed E-state index contributed by atoms with van der Waals surface area (Å²) in [5.41, 5.74) is 1.28. The molecule has 0 radical (unpaired) electrons. The van der Waals surface area contributed by atoms with Crippen LogP contribution in [0.4, 0.5) is 5.69 Å². The van der Waals surface area contributed by atoms with Crippen molar-refractivity contribution in [2.24, 2.45) is 0 Å². The highest BCUT2D eigenvalue weighted by atomic mass is 79.9. The minimum absolute atomic E-state index is 0.261. The minimum atomic E-state index is 0.261. The average Bonchev–Trinajstić information content (AvgIpc) is 2.30. The van der Waals surface area contributed by atoms with Gasteiger partial charge in [0.1, 0.15) is 0 Å². The van der Waals surface area contributed by atoms with E-state index in [9.17, 15) is 0 Å². The molecule has 1 aromatic carbocycles. The molecule has 88 valence electrons. The quantitative estimate of drug-likeness (QED) is 0.913. The van der Waals surface area contributed by atoms with Crippen LogP contribution in [0.3, 0.4) is 0 Å². The monoisotopic (exact) mass is 284 g/mol. The highest BCUT2D eigenvalue weighted by Crippen LogP contribution is 2.20. The second-order valence-electron chi connectivity index (χ2n) is 4.03. The lowest BCUT2D eigenvalue weighted by atomic mass is 10.2. The molecule has 1 aromatic rings. The van der Waals surface area contributed by atoms with Crippen LogP contribution in [0.2, 0.25) is 0 Å². The topological polar surface area (TPSA) is 26.7 Å². The molecule has 3 nitrogen and oxygen atoms in total. The largest absolute Gasteiger partial charge is 0.395 e. The van der Waals surface area contributed by atoms with Crippen LogP contribution in [-0.4, -0.2) is 49.3 Å². The summed E-state index contributed by atoms with van der Waals surface area (Å²) in [6.07, 6.45) is 0. The van der Waals surface area contributed by atoms with Crippen molar-refractivity contribution < 1.29 is 5.11 Å². The van der Waals surface area contributed by atoms with E-state index in [1.807, 2.05) is 6.07 Å². The summed E-state index contributed by atoms with van der Waals surface area (Å²) < 4.78 is 1.13. The van der Waals surface area contributed by atoms with Gasteiger partial charge in [-0.15, -0.1) is 0 Å². The van der Waals surface area contributed by atoms with E-state index >= 15 is 0 Å². The molecule has 0 aromatic heterocycles. The predicted molar refractivity (Wildman–Crippen MR) is 69.9 cm³/mol. The zero-order valence-electron chi connectivity index (χ0n) is 9.27. The number of aliphatic hydroxyl groups is 1. The molecule has 1 heterocycles. The van der Waals surface area contributed by atoms with Gasteiger partial charge < -0.3 is 10.0 Å². The summed E-state index contributed by atoms with van der Waals surface area (Å²) in [5.74, 6) is 0. The van der Waals surface area contributed by atoms with Crippen LogP contribution in [0, 0.1) is 0 Å². The van der Waals surface area contributed by atoms with E-state index < -0.39 is 0 Å². The van der Waals surface area contributed by atoms with E-state index in [0.717, 1.165) is 37.2 Å². The Hall–Kier alpha value is -0.580. The maximum atomic E-state index is 8.88. The normalized spacial score (nSPS) is 17.8. The second-order valence-corrected chi connectivity index (χ2v) is 4.95. The van der Waals surface area contributed by atoms with Gasteiger partial charge in [-0.2, -0.15) is 0 Å². The van der Waals surface area contributed by atoms with Gasteiger partial charge in [0.2, 0.25) is 0 Å². The molecule has 1 saturated heterocycles. The predicted octanol–water partition coefficient (Wildman–Crippen LogP) is 1.56. The summed E-state index contributed by atoms with van der Waals surface area (Å²) in [4.78, 5) is 4.69. The first kappa shape index (κ1) is 11.9. The van der Waals surface area contributed by atoms with Gasteiger partial charge in [-0.3, -0.25) is 4.90 Å². The zero-order valence-corrected chi connectivity index (χ0v) is 10.9. The van der Waals surface area contributed by atoms with Crippen molar-refractivity contribution in [3.05, 3.63) is 28.7 Å². The van der Waals surface area contributed by atoms with Crippen molar-refractivity contribution in [3.8, 4) is 0 Å². The Balaban J connectivity index is 1.94. The van der Waals surface area contributed by atoms with Crippen molar-refractivity contribution in [1.29, 1.82) is 0 Å². The van der Waals surface area contributed by atoms with Crippen LogP contribution in [0.15, 0.2) is 28.7 Å². The highest BCUT2D eigenvalue weighted by molar-refractivity contribution is 9.10. The molecule has 1 aliphatic rings. The first-order valence-electron chi connectivity index (χ1n) is 5.63. The molecule has 0 spiro atoms. The summed E-state index contributed by atoms with van der Waals surface area (Å²) in [6, 6.07) is 8.42. The Bertz CT molecular complexity index is 338. The number of aliphatic hydroxyl groups excluding tert-OH is 1. The Morgan fingerprint density at radius 2 is 1.94 bits per heavy atom. The Morgan fingerprint density at radius 1 is 1.19 bits per heavy atom. The third-order valence-corrected chi connectivity index (χ3v) is 3.46. The molecule has 0 amide bonds. The first-order valence-corrected chi connectivity index (χ1v) is 6.42. The van der Waals surface area contributed by atoms with Crippen molar-refractivity contribution in [1.82, 2.24) is 4.90 Å². The first-order chi connectivity index (χ1) is 7.79. The zero-order chi connectivity index (χ0) is 11.4. The van der Waals surface area contributed by atoms with E-state index in [4.69, 9.17) is 5.11 Å². The number of rotatable bonds is 3. The Morgan fingerprint density at radius 3 is 2.56 bits per heavy atom. The molecule has 1 N–H and O–H groups in total. The third-order valence-electron chi connectivity index (χ3n) is 2.96. The lowest BCUT2D eigenvalue weighted by Crippen LogP contribution is -2.47. The van der Waals surface area contributed by atoms with Gasteiger partial charge in [-0.25, -0.2) is 0 Å². The van der Waals surface area contributed by atoms with Crippen molar-refractivity contribution in [2.45, 2.75) is 0 Å². The summed E-state index contributed by atoms with van der Waals surface area (Å²) in [6.45, 7) is 5.20. The number of nitrogens with zero attached hydrogens (tertiary/aromatic N) is 2. The van der Waals surface area contributed by atoms with Crippen molar-refractivity contribution in [3.63, 3.8) is 0 Å². The number of halogens is 1. The number of benzene rings is 1. The minimum Gasteiger partial charge on any atom is -0.395 e. The van der Waals surface area contributed by atoms with Crippen LogP contribution < -0.4 is 4.90 Å². The summed E-state index contributed by atoms with van der Waals surface area (Å²) in [7, 11) is 0. The fraction of sp³-hybridized carbons (Fsp3) is 0.500. The van der Waals surface area contributed by atoms with Crippen LogP contribution in [0.25, 0.3) is 0 Å². The number of piperazine rings is 1. The third kappa shape index (κ3) is 2.97. The molecule has 0 unspecified atom stereocenters. The second kappa shape index (κ2) is 5.66. The lowest BCUT2D eigenvalue weighted by molar-refractivity contribution is 0.189. The standard InChI is InChI=1S/C12H17BrN2O/c13-11-2-1-3-12(10-11)15-6-4-14(5-7-15)8-9-16/h1-3,10,16H,4-9H2. The van der Waals surface area contributed by atoms with Crippen LogP contribution >= 0.6 is 15.9 Å². The highest BCUT2D eigenvalue weighted by Gasteiger charge is 2.16. The van der Waals surface area contributed by atoms with Gasteiger partial charge in [0.25, 0.3) is 0 Å². The molecule has 4 heteroatoms. The average molecular weight is 285 g/mol. The number of hydrogen-bond acceptors (Lipinski definition) is 3. The van der Waals surface area contributed by atoms with E-state index in [1.165, 1.54) is 5.69 Å². The Labute approximate surface area is 105 Å². The van der Waals surface area contributed by atoms with E-state index in [2.05, 4.69) is 43.9 Å². The van der Waals surface area contributed by atoms with Gasteiger partial charge in [0, 0.05) is 42.9 Å². The SMILES string of the molecule is OCCN1CCN(c2cccc(Br)c2)CC1. The van der Waals surface area contributed by atoms with Crippen molar-refractivity contribution >= 4 is 21.6 Å². The summed E-state index contributed by atoms with van der Waals surface area (Å²) >= 11 is 3.50. The summed E-state index contributed by atoms with van der Waals surface area (Å²) in [5, 5.41) is 8.88. The molecule has 0 atom stereocenters. The van der Waals surface area contributed by atoms with Gasteiger partial charge in [-0.05, 0) is 18.2 Å². The maximum Gasteiger partial charge on any atom is 0.0558 e. The number of anilines is 1. The number of hydrogen-bond donors (Lipinski definition) is 1. The Kier molecular flexibility index (Phi) is 4.21. The molecular weight excluding hydrogens is 268 g/mol. The van der Waals surface area contributed by atoms with Crippen LogP contribution in [-0.2, 0) is 0 Å². The fourth-order valence-electron chi connectivity index (χ4n) is 2.04. The molecule has 0 aliphatic carbocycles. The molecule has 16 heavy (non-hydrogen) atoms. The lowest BCUT2D eigenvalue weighted by Gasteiger charge is -2.35. The van der Waals surface area contributed by atoms with Gasteiger partial charge in [0.15, 0.2) is 0 Å². The molecule has 1 fully saturated rings. The van der Waals surface area contributed by atoms with E-state index in [1.54, 1.807) is 0 Å². The van der Waals surface area contributed by atoms with Crippen LogP contribution in [0.1, 0.15) is 0 Å². The molecule has 0 saturated carbocycles. The number of β-amino-alcohol motifs (C(OH)–C–C–N with tert-alkyl or cyclic N) is 1. The van der Waals surface area contributed by atoms with E-state index in [0.29, 0.717) is 0 Å². The molecule has 2 rings (SSSR count). The fourth-order valence-corrected chi connectivity index (χ4v) is 2.43. The van der Waals surface area contributed by atoms with Gasteiger partial charge in [-0.1, -0.05) is 22.0 Å². The van der Waals surface area contributed by atoms with Gasteiger partial charge in [0.05, 0.1) is 6.61 Å². The van der Waals surface area contributed by atoms with Crippen molar-refractivity contribution in [2.75, 3.05) is 44.2 Å². The molecule has 0 bridgehead atoms. The van der Waals surface area contributed by atoms with E-state index in [-0.39, 0.29) is 6.61 Å². The molecular formula is C12H17BrN2O. The maximum absolute atomic E-state index is 8.88. The smallest absolute Gasteiger partial charge is 0.0558 e. The van der Waals surface area contributed by atoms with Gasteiger partial charge >= 0.3 is 0 Å². The molecule has 1 aliphatic heterocycles.